The van der Waals surface area contributed by atoms with Crippen molar-refractivity contribution in [1.29, 1.82) is 5.41 Å². The summed E-state index contributed by atoms with van der Waals surface area (Å²) in [7, 11) is 1.65. The Bertz CT molecular complexity index is 674. The number of nitrogens with zero attached hydrogens (tertiary/aromatic N) is 2. The fourth-order valence-electron chi connectivity index (χ4n) is 2.54. The zero-order valence-electron chi connectivity index (χ0n) is 11.9. The van der Waals surface area contributed by atoms with Crippen molar-refractivity contribution in [1.82, 2.24) is 4.98 Å². The number of pyridine rings is 1. The van der Waals surface area contributed by atoms with E-state index in [9.17, 15) is 0 Å². The maximum Gasteiger partial charge on any atom is 0.136 e. The number of hydrogen-bond acceptors (Lipinski definition) is 5. The van der Waals surface area contributed by atoms with E-state index in [4.69, 9.17) is 20.6 Å². The first kappa shape index (κ1) is 13.6. The molecule has 1 aliphatic rings. The number of benzene rings is 1. The van der Waals surface area contributed by atoms with Crippen LogP contribution in [0.5, 0.6) is 5.75 Å². The van der Waals surface area contributed by atoms with Crippen molar-refractivity contribution in [3.8, 4) is 5.75 Å². The minimum Gasteiger partial charge on any atom is -0.497 e. The predicted octanol–water partition coefficient (Wildman–Crippen LogP) is 1.38. The Balaban J connectivity index is 2.01. The van der Waals surface area contributed by atoms with Crippen LogP contribution in [0, 0.1) is 5.41 Å². The number of hydrogen-bond donors (Lipinski definition) is 2. The standard InChI is InChI=1S/C15H18N4O2/c1-20-11-3-2-10-4-5-18-15(12(10)8-11)19-6-7-21-13(9-19)14(16)17/h2-5,8,13H,6-7,9H2,1H3,(H3,16,17). The maximum absolute atomic E-state index is 7.55. The molecule has 3 rings (SSSR count). The van der Waals surface area contributed by atoms with E-state index in [0.717, 1.165) is 28.9 Å². The largest absolute Gasteiger partial charge is 0.497 e. The summed E-state index contributed by atoms with van der Waals surface area (Å²) in [5.74, 6) is 1.73. The van der Waals surface area contributed by atoms with Gasteiger partial charge in [-0.05, 0) is 23.6 Å². The molecular formula is C15H18N4O2. The second-order valence-electron chi connectivity index (χ2n) is 4.98. The van der Waals surface area contributed by atoms with Gasteiger partial charge in [-0.3, -0.25) is 5.41 Å². The Morgan fingerprint density at radius 3 is 3.10 bits per heavy atom. The first-order valence-electron chi connectivity index (χ1n) is 6.82. The van der Waals surface area contributed by atoms with Crippen LogP contribution < -0.4 is 15.4 Å². The predicted molar refractivity (Wildman–Crippen MR) is 82.2 cm³/mol. The molecule has 0 bridgehead atoms. The zero-order valence-corrected chi connectivity index (χ0v) is 11.9. The van der Waals surface area contributed by atoms with Crippen LogP contribution in [0.4, 0.5) is 5.82 Å². The number of fused-ring (bicyclic) bond motifs is 1. The molecule has 1 fully saturated rings. The molecule has 0 spiro atoms. The van der Waals surface area contributed by atoms with E-state index in [0.29, 0.717) is 13.2 Å². The van der Waals surface area contributed by atoms with Crippen LogP contribution in [0.2, 0.25) is 0 Å². The Hall–Kier alpha value is -2.34. The van der Waals surface area contributed by atoms with Gasteiger partial charge >= 0.3 is 0 Å². The second-order valence-corrected chi connectivity index (χ2v) is 4.98. The molecular weight excluding hydrogens is 268 g/mol. The highest BCUT2D eigenvalue weighted by molar-refractivity contribution is 5.93. The molecule has 0 aliphatic carbocycles. The van der Waals surface area contributed by atoms with Crippen molar-refractivity contribution in [3.05, 3.63) is 30.5 Å². The molecule has 1 atom stereocenters. The van der Waals surface area contributed by atoms with Crippen molar-refractivity contribution in [3.63, 3.8) is 0 Å². The number of morpholine rings is 1. The Labute approximate surface area is 123 Å². The van der Waals surface area contributed by atoms with Gasteiger partial charge in [0.05, 0.1) is 20.3 Å². The van der Waals surface area contributed by atoms with E-state index in [-0.39, 0.29) is 11.9 Å². The van der Waals surface area contributed by atoms with Gasteiger partial charge in [0.25, 0.3) is 0 Å². The molecule has 0 saturated carbocycles. The van der Waals surface area contributed by atoms with Gasteiger partial charge in [-0.2, -0.15) is 0 Å². The van der Waals surface area contributed by atoms with Gasteiger partial charge in [0.2, 0.25) is 0 Å². The summed E-state index contributed by atoms with van der Waals surface area (Å²) >= 11 is 0. The number of nitrogens with one attached hydrogen (secondary N) is 1. The summed E-state index contributed by atoms with van der Waals surface area (Å²) < 4.78 is 10.8. The smallest absolute Gasteiger partial charge is 0.136 e. The highest BCUT2D eigenvalue weighted by atomic mass is 16.5. The summed E-state index contributed by atoms with van der Waals surface area (Å²) in [6, 6.07) is 7.91. The Kier molecular flexibility index (Phi) is 3.62. The van der Waals surface area contributed by atoms with Crippen LogP contribution in [0.15, 0.2) is 30.5 Å². The van der Waals surface area contributed by atoms with Crippen LogP contribution in [0.3, 0.4) is 0 Å². The number of methoxy groups -OCH3 is 1. The van der Waals surface area contributed by atoms with Gasteiger partial charge in [-0.1, -0.05) is 6.07 Å². The summed E-state index contributed by atoms with van der Waals surface area (Å²) in [6.45, 7) is 1.80. The van der Waals surface area contributed by atoms with Gasteiger partial charge in [0.15, 0.2) is 0 Å². The average molecular weight is 286 g/mol. The summed E-state index contributed by atoms with van der Waals surface area (Å²) in [5, 5.41) is 9.69. The lowest BCUT2D eigenvalue weighted by molar-refractivity contribution is 0.0824. The second kappa shape index (κ2) is 5.57. The van der Waals surface area contributed by atoms with Crippen molar-refractivity contribution in [2.45, 2.75) is 6.10 Å². The molecule has 1 aromatic carbocycles. The number of amidine groups is 1. The number of ether oxygens (including phenoxy) is 2. The van der Waals surface area contributed by atoms with Gasteiger partial charge in [0.1, 0.15) is 23.5 Å². The van der Waals surface area contributed by atoms with Gasteiger partial charge in [-0.25, -0.2) is 4.98 Å². The Morgan fingerprint density at radius 1 is 1.48 bits per heavy atom. The SMILES string of the molecule is COc1ccc2ccnc(N3CCOC(C(=N)N)C3)c2c1. The summed E-state index contributed by atoms with van der Waals surface area (Å²) in [6.07, 6.45) is 1.42. The third-order valence-electron chi connectivity index (χ3n) is 3.67. The first-order chi connectivity index (χ1) is 10.2. The van der Waals surface area contributed by atoms with E-state index in [1.54, 1.807) is 13.3 Å². The maximum atomic E-state index is 7.55. The van der Waals surface area contributed by atoms with Crippen LogP contribution >= 0.6 is 0 Å². The molecule has 110 valence electrons. The molecule has 1 aromatic heterocycles. The molecule has 0 radical (unpaired) electrons. The molecule has 2 aromatic rings. The summed E-state index contributed by atoms with van der Waals surface area (Å²) in [4.78, 5) is 6.61. The first-order valence-corrected chi connectivity index (χ1v) is 6.82. The van der Waals surface area contributed by atoms with Crippen LogP contribution in [-0.2, 0) is 4.74 Å². The minimum atomic E-state index is -0.374. The van der Waals surface area contributed by atoms with Crippen molar-refractivity contribution in [2.24, 2.45) is 5.73 Å². The van der Waals surface area contributed by atoms with Crippen molar-refractivity contribution in [2.75, 3.05) is 31.7 Å². The molecule has 1 saturated heterocycles. The van der Waals surface area contributed by atoms with Crippen LogP contribution in [0.25, 0.3) is 10.8 Å². The third kappa shape index (κ3) is 2.62. The fourth-order valence-corrected chi connectivity index (χ4v) is 2.54. The molecule has 0 amide bonds. The quantitative estimate of drug-likeness (QED) is 0.658. The molecule has 6 nitrogen and oxygen atoms in total. The van der Waals surface area contributed by atoms with E-state index in [1.807, 2.05) is 24.3 Å². The average Bonchev–Trinajstić information content (AvgIpc) is 2.53. The van der Waals surface area contributed by atoms with E-state index >= 15 is 0 Å². The zero-order chi connectivity index (χ0) is 14.8. The molecule has 2 heterocycles. The van der Waals surface area contributed by atoms with Gasteiger partial charge in [-0.15, -0.1) is 0 Å². The molecule has 3 N–H and O–H groups in total. The number of aromatic nitrogens is 1. The Morgan fingerprint density at radius 2 is 2.33 bits per heavy atom. The molecule has 1 unspecified atom stereocenters. The highest BCUT2D eigenvalue weighted by Gasteiger charge is 2.24. The van der Waals surface area contributed by atoms with Crippen LogP contribution in [-0.4, -0.2) is 43.7 Å². The van der Waals surface area contributed by atoms with Crippen LogP contribution in [0.1, 0.15) is 0 Å². The number of rotatable bonds is 3. The molecule has 1 aliphatic heterocycles. The van der Waals surface area contributed by atoms with Crippen molar-refractivity contribution < 1.29 is 9.47 Å². The topological polar surface area (TPSA) is 84.5 Å². The van der Waals surface area contributed by atoms with E-state index < -0.39 is 0 Å². The lowest BCUT2D eigenvalue weighted by Crippen LogP contribution is -2.48. The van der Waals surface area contributed by atoms with E-state index in [2.05, 4.69) is 9.88 Å². The van der Waals surface area contributed by atoms with E-state index in [1.165, 1.54) is 0 Å². The van der Waals surface area contributed by atoms with Gasteiger partial charge < -0.3 is 20.1 Å². The summed E-state index contributed by atoms with van der Waals surface area (Å²) in [5.41, 5.74) is 5.56. The number of nitrogens with two attached hydrogens (primary N) is 1. The fraction of sp³-hybridized carbons (Fsp3) is 0.333. The van der Waals surface area contributed by atoms with Gasteiger partial charge in [0, 0.05) is 18.1 Å². The molecule has 21 heavy (non-hydrogen) atoms. The van der Waals surface area contributed by atoms with Crippen molar-refractivity contribution >= 4 is 22.4 Å². The number of anilines is 1. The lowest BCUT2D eigenvalue weighted by atomic mass is 10.1. The minimum absolute atomic E-state index is 0.0533. The monoisotopic (exact) mass is 286 g/mol. The highest BCUT2D eigenvalue weighted by Crippen LogP contribution is 2.29. The normalized spacial score (nSPS) is 18.7. The third-order valence-corrected chi connectivity index (χ3v) is 3.67. The lowest BCUT2D eigenvalue weighted by Gasteiger charge is -2.33. The molecule has 6 heteroatoms.